The first-order valence-electron chi connectivity index (χ1n) is 10.2. The molecule has 0 aliphatic carbocycles. The third-order valence-corrected chi connectivity index (χ3v) is 6.76. The number of benzene rings is 2. The van der Waals surface area contributed by atoms with Crippen LogP contribution >= 0.6 is 23.1 Å². The number of amides is 1. The molecule has 2 aromatic carbocycles. The van der Waals surface area contributed by atoms with Crippen LogP contribution in [-0.4, -0.2) is 40.6 Å². The number of nitrogens with one attached hydrogen (secondary N) is 1. The highest BCUT2D eigenvalue weighted by Crippen LogP contribution is 2.34. The van der Waals surface area contributed by atoms with E-state index in [1.54, 1.807) is 37.7 Å². The molecule has 2 heterocycles. The van der Waals surface area contributed by atoms with Crippen molar-refractivity contribution in [1.29, 1.82) is 0 Å². The summed E-state index contributed by atoms with van der Waals surface area (Å²) in [5.74, 6) is 3.06. The zero-order chi connectivity index (χ0) is 23.2. The van der Waals surface area contributed by atoms with Crippen LogP contribution < -0.4 is 14.8 Å². The Hall–Kier alpha value is -3.30. The predicted molar refractivity (Wildman–Crippen MR) is 134 cm³/mol. The summed E-state index contributed by atoms with van der Waals surface area (Å²) in [6.07, 6.45) is 0. The summed E-state index contributed by atoms with van der Waals surface area (Å²) in [6, 6.07) is 17.6. The average molecular weight is 481 g/mol. The van der Waals surface area contributed by atoms with Crippen LogP contribution in [0.2, 0.25) is 0 Å². The number of nitrogens with zero attached hydrogens (tertiary/aromatic N) is 3. The molecule has 4 aromatic rings. The predicted octanol–water partition coefficient (Wildman–Crippen LogP) is 5.10. The molecule has 2 aromatic heterocycles. The molecule has 0 bridgehead atoms. The Bertz CT molecular complexity index is 1240. The van der Waals surface area contributed by atoms with Crippen LogP contribution in [0.4, 0.5) is 5.82 Å². The van der Waals surface area contributed by atoms with Gasteiger partial charge in [-0.3, -0.25) is 9.48 Å². The second kappa shape index (κ2) is 10.5. The molecule has 0 saturated carbocycles. The number of aryl methyl sites for hydroxylation is 1. The van der Waals surface area contributed by atoms with Crippen LogP contribution in [0.15, 0.2) is 60.0 Å². The van der Waals surface area contributed by atoms with Crippen molar-refractivity contribution < 1.29 is 14.3 Å². The number of hydrogen-bond acceptors (Lipinski definition) is 7. The number of thiazole rings is 1. The number of rotatable bonds is 9. The third-order valence-electron chi connectivity index (χ3n) is 4.89. The van der Waals surface area contributed by atoms with Gasteiger partial charge in [-0.05, 0) is 23.8 Å². The number of carbonyl (C=O) groups excluding carboxylic acids is 1. The lowest BCUT2D eigenvalue weighted by molar-refractivity contribution is -0.113. The fraction of sp³-hybridized carbons (Fsp3) is 0.208. The molecule has 7 nitrogen and oxygen atoms in total. The molecule has 0 aliphatic rings. The standard InChI is InChI=1S/C24H24N4O3S2/c1-28-22(26-23(29)15-32-13-16-7-5-4-6-8-16)12-18(27-28)24-25-19(14-33-24)17-9-10-20(30-2)21(11-17)31-3/h4-12,14H,13,15H2,1-3H3,(H,26,29). The number of carbonyl (C=O) groups is 1. The average Bonchev–Trinajstić information content (AvgIpc) is 3.46. The van der Waals surface area contributed by atoms with Gasteiger partial charge in [0.2, 0.25) is 5.91 Å². The maximum Gasteiger partial charge on any atom is 0.235 e. The summed E-state index contributed by atoms with van der Waals surface area (Å²) in [6.45, 7) is 0. The molecule has 0 radical (unpaired) electrons. The summed E-state index contributed by atoms with van der Waals surface area (Å²) < 4.78 is 12.4. The van der Waals surface area contributed by atoms with Crippen LogP contribution in [0.5, 0.6) is 11.5 Å². The van der Waals surface area contributed by atoms with Gasteiger partial charge in [0.1, 0.15) is 16.5 Å². The van der Waals surface area contributed by atoms with Crippen LogP contribution in [0.25, 0.3) is 22.0 Å². The molecule has 0 fully saturated rings. The molecule has 0 unspecified atom stereocenters. The van der Waals surface area contributed by atoms with Crippen LogP contribution in [0.3, 0.4) is 0 Å². The van der Waals surface area contributed by atoms with Crippen LogP contribution in [0, 0.1) is 0 Å². The summed E-state index contributed by atoms with van der Waals surface area (Å²) in [5, 5.41) is 10.2. The van der Waals surface area contributed by atoms with Gasteiger partial charge in [-0.15, -0.1) is 23.1 Å². The lowest BCUT2D eigenvalue weighted by atomic mass is 10.1. The third kappa shape index (κ3) is 5.55. The number of aromatic nitrogens is 3. The smallest absolute Gasteiger partial charge is 0.235 e. The summed E-state index contributed by atoms with van der Waals surface area (Å²) in [7, 11) is 5.02. The van der Waals surface area contributed by atoms with Gasteiger partial charge in [0.15, 0.2) is 11.5 Å². The monoisotopic (exact) mass is 480 g/mol. The zero-order valence-corrected chi connectivity index (χ0v) is 20.2. The number of thioether (sulfide) groups is 1. The molecule has 1 N–H and O–H groups in total. The molecule has 0 saturated heterocycles. The minimum absolute atomic E-state index is 0.0596. The Morgan fingerprint density at radius 3 is 2.61 bits per heavy atom. The number of ether oxygens (including phenoxy) is 2. The first-order chi connectivity index (χ1) is 16.1. The Balaban J connectivity index is 1.41. The highest BCUT2D eigenvalue weighted by Gasteiger charge is 2.15. The molecule has 9 heteroatoms. The van der Waals surface area contributed by atoms with E-state index in [9.17, 15) is 4.79 Å². The van der Waals surface area contributed by atoms with E-state index in [1.165, 1.54) is 16.9 Å². The molecule has 4 rings (SSSR count). The minimum Gasteiger partial charge on any atom is -0.493 e. The highest BCUT2D eigenvalue weighted by molar-refractivity contribution is 7.99. The summed E-state index contributed by atoms with van der Waals surface area (Å²) in [5.41, 5.74) is 3.66. The fourth-order valence-electron chi connectivity index (χ4n) is 3.22. The van der Waals surface area contributed by atoms with E-state index in [4.69, 9.17) is 14.5 Å². The maximum absolute atomic E-state index is 12.4. The molecule has 33 heavy (non-hydrogen) atoms. The quantitative estimate of drug-likeness (QED) is 0.359. The Labute approximate surface area is 200 Å². The fourth-order valence-corrected chi connectivity index (χ4v) is 4.79. The van der Waals surface area contributed by atoms with Gasteiger partial charge in [-0.2, -0.15) is 5.10 Å². The van der Waals surface area contributed by atoms with E-state index in [0.717, 1.165) is 22.0 Å². The normalized spacial score (nSPS) is 10.8. The molecule has 0 atom stereocenters. The Morgan fingerprint density at radius 2 is 1.85 bits per heavy atom. The van der Waals surface area contributed by atoms with Gasteiger partial charge < -0.3 is 14.8 Å². The summed E-state index contributed by atoms with van der Waals surface area (Å²) >= 11 is 3.08. The van der Waals surface area contributed by atoms with Crippen LogP contribution in [0.1, 0.15) is 5.56 Å². The van der Waals surface area contributed by atoms with Crippen molar-refractivity contribution >= 4 is 34.8 Å². The van der Waals surface area contributed by atoms with E-state index >= 15 is 0 Å². The minimum atomic E-state index is -0.0596. The second-order valence-corrected chi connectivity index (χ2v) is 9.02. The molecular formula is C24H24N4O3S2. The Kier molecular flexibility index (Phi) is 7.31. The van der Waals surface area contributed by atoms with Crippen molar-refractivity contribution in [3.63, 3.8) is 0 Å². The maximum atomic E-state index is 12.4. The zero-order valence-electron chi connectivity index (χ0n) is 18.6. The van der Waals surface area contributed by atoms with Crippen LogP contribution in [-0.2, 0) is 17.6 Å². The van der Waals surface area contributed by atoms with Crippen molar-refractivity contribution in [1.82, 2.24) is 14.8 Å². The van der Waals surface area contributed by atoms with E-state index in [1.807, 2.05) is 47.8 Å². The first kappa shape index (κ1) is 22.9. The van der Waals surface area contributed by atoms with E-state index in [2.05, 4.69) is 22.5 Å². The van der Waals surface area contributed by atoms with Gasteiger partial charge in [0, 0.05) is 29.8 Å². The van der Waals surface area contributed by atoms with Crippen molar-refractivity contribution in [2.45, 2.75) is 5.75 Å². The number of hydrogen-bond donors (Lipinski definition) is 1. The highest BCUT2D eigenvalue weighted by atomic mass is 32.2. The molecule has 0 spiro atoms. The van der Waals surface area contributed by atoms with Gasteiger partial charge in [-0.1, -0.05) is 30.3 Å². The molecular weight excluding hydrogens is 456 g/mol. The summed E-state index contributed by atoms with van der Waals surface area (Å²) in [4.78, 5) is 17.1. The first-order valence-corrected chi connectivity index (χ1v) is 12.2. The SMILES string of the molecule is COc1ccc(-c2csc(-c3cc(NC(=O)CSCc4ccccc4)n(C)n3)n2)cc1OC. The second-order valence-electron chi connectivity index (χ2n) is 7.17. The van der Waals surface area contributed by atoms with E-state index in [0.29, 0.717) is 28.8 Å². The molecule has 170 valence electrons. The lowest BCUT2D eigenvalue weighted by Crippen LogP contribution is -2.16. The molecule has 1 amide bonds. The van der Waals surface area contributed by atoms with E-state index < -0.39 is 0 Å². The van der Waals surface area contributed by atoms with Gasteiger partial charge >= 0.3 is 0 Å². The topological polar surface area (TPSA) is 78.3 Å². The van der Waals surface area contributed by atoms with Gasteiger partial charge in [-0.25, -0.2) is 4.98 Å². The lowest BCUT2D eigenvalue weighted by Gasteiger charge is -2.08. The van der Waals surface area contributed by atoms with Crippen molar-refractivity contribution in [3.05, 3.63) is 65.5 Å². The van der Waals surface area contributed by atoms with Crippen molar-refractivity contribution in [3.8, 4) is 33.5 Å². The van der Waals surface area contributed by atoms with Gasteiger partial charge in [0.25, 0.3) is 0 Å². The van der Waals surface area contributed by atoms with Crippen molar-refractivity contribution in [2.24, 2.45) is 7.05 Å². The Morgan fingerprint density at radius 1 is 1.06 bits per heavy atom. The number of anilines is 1. The molecule has 0 aliphatic heterocycles. The van der Waals surface area contributed by atoms with E-state index in [-0.39, 0.29) is 5.91 Å². The van der Waals surface area contributed by atoms with Crippen molar-refractivity contribution in [2.75, 3.05) is 25.3 Å². The van der Waals surface area contributed by atoms with Gasteiger partial charge in [0.05, 0.1) is 25.7 Å². The number of methoxy groups -OCH3 is 2. The largest absolute Gasteiger partial charge is 0.493 e.